The maximum absolute atomic E-state index is 6.11. The summed E-state index contributed by atoms with van der Waals surface area (Å²) in [5, 5.41) is 0. The third-order valence-electron chi connectivity index (χ3n) is 7.27. The van der Waals surface area contributed by atoms with Gasteiger partial charge in [0.05, 0.1) is 10.8 Å². The number of para-hydroxylation sites is 2. The van der Waals surface area contributed by atoms with Gasteiger partial charge in [-0.05, 0) is 27.7 Å². The predicted molar refractivity (Wildman–Crippen MR) is 121 cm³/mol. The van der Waals surface area contributed by atoms with Gasteiger partial charge in [0.15, 0.2) is 24.5 Å². The highest BCUT2D eigenvalue weighted by atomic mass is 127. The van der Waals surface area contributed by atoms with Crippen LogP contribution in [0.2, 0.25) is 0 Å². The smallest absolute Gasteiger partial charge is 0.209 e. The van der Waals surface area contributed by atoms with Crippen LogP contribution in [0.25, 0.3) is 0 Å². The molecule has 0 spiro atoms. The molecule has 0 amide bonds. The number of ether oxygens (including phenoxy) is 1. The zero-order valence-corrected chi connectivity index (χ0v) is 23.8. The predicted octanol–water partition coefficient (Wildman–Crippen LogP) is -0.796. The van der Waals surface area contributed by atoms with Crippen molar-refractivity contribution in [1.82, 2.24) is 0 Å². The van der Waals surface area contributed by atoms with Crippen molar-refractivity contribution in [3.63, 3.8) is 0 Å². The summed E-state index contributed by atoms with van der Waals surface area (Å²) >= 11 is 0. The molecule has 168 valence electrons. The fourth-order valence-electron chi connectivity index (χ4n) is 4.89. The van der Waals surface area contributed by atoms with Gasteiger partial charge in [0, 0.05) is 37.1 Å². The van der Waals surface area contributed by atoms with Crippen molar-refractivity contribution in [3.05, 3.63) is 59.7 Å². The van der Waals surface area contributed by atoms with Crippen LogP contribution < -0.4 is 48.0 Å². The lowest BCUT2D eigenvalue weighted by atomic mass is 9.82. The third kappa shape index (κ3) is 4.51. The molecular weight excluding hydrogens is 610 g/mol. The van der Waals surface area contributed by atoms with Crippen LogP contribution in [0.15, 0.2) is 48.5 Å². The van der Waals surface area contributed by atoms with Gasteiger partial charge in [-0.3, -0.25) is 0 Å². The molecule has 0 unspecified atom stereocenters. The zero-order chi connectivity index (χ0) is 20.8. The van der Waals surface area contributed by atoms with Gasteiger partial charge in [-0.2, -0.15) is 9.15 Å². The lowest BCUT2D eigenvalue weighted by Crippen LogP contribution is -3.00. The second-order valence-electron chi connectivity index (χ2n) is 9.37. The Labute approximate surface area is 221 Å². The van der Waals surface area contributed by atoms with Crippen molar-refractivity contribution in [2.45, 2.75) is 52.4 Å². The molecule has 0 bridgehead atoms. The van der Waals surface area contributed by atoms with E-state index < -0.39 is 0 Å². The molecular formula is C26H34I2N2O. The van der Waals surface area contributed by atoms with Gasteiger partial charge in [-0.15, -0.1) is 0 Å². The Bertz CT molecular complexity index is 940. The van der Waals surface area contributed by atoms with E-state index in [9.17, 15) is 0 Å². The molecule has 2 aromatic carbocycles. The molecule has 5 heteroatoms. The Balaban J connectivity index is 0.00000171. The molecule has 3 nitrogen and oxygen atoms in total. The van der Waals surface area contributed by atoms with Crippen molar-refractivity contribution in [2.24, 2.45) is 0 Å². The van der Waals surface area contributed by atoms with E-state index in [2.05, 4.69) is 99.2 Å². The summed E-state index contributed by atoms with van der Waals surface area (Å²) in [5.41, 5.74) is 8.48. The van der Waals surface area contributed by atoms with Gasteiger partial charge in [0.2, 0.25) is 11.4 Å². The molecule has 0 radical (unpaired) electrons. The van der Waals surface area contributed by atoms with E-state index in [1.165, 1.54) is 33.9 Å². The number of fused-ring (bicyclic) bond motifs is 2. The fraction of sp³-hybridized carbons (Fsp3) is 0.462. The second-order valence-corrected chi connectivity index (χ2v) is 9.37. The minimum Gasteiger partial charge on any atom is -1.00 e. The first-order valence-corrected chi connectivity index (χ1v) is 10.8. The molecule has 0 aromatic heterocycles. The largest absolute Gasteiger partial charge is 1.00 e. The van der Waals surface area contributed by atoms with E-state index in [0.717, 1.165) is 26.3 Å². The first kappa shape index (κ1) is 26.5. The van der Waals surface area contributed by atoms with Gasteiger partial charge in [-0.25, -0.2) is 0 Å². The second kappa shape index (κ2) is 10.00. The number of benzene rings is 2. The van der Waals surface area contributed by atoms with E-state index in [1.807, 2.05) is 0 Å². The van der Waals surface area contributed by atoms with Crippen LogP contribution in [0.5, 0.6) is 0 Å². The van der Waals surface area contributed by atoms with Gasteiger partial charge in [0.25, 0.3) is 0 Å². The van der Waals surface area contributed by atoms with Gasteiger partial charge < -0.3 is 52.7 Å². The number of nitrogens with zero attached hydrogens (tertiary/aromatic N) is 2. The van der Waals surface area contributed by atoms with Crippen LogP contribution in [0.3, 0.4) is 0 Å². The fourth-order valence-corrected chi connectivity index (χ4v) is 4.89. The average Bonchev–Trinajstić information content (AvgIpc) is 3.02. The summed E-state index contributed by atoms with van der Waals surface area (Å²) in [6.07, 6.45) is 0. The van der Waals surface area contributed by atoms with Crippen LogP contribution in [-0.4, -0.2) is 46.9 Å². The molecule has 31 heavy (non-hydrogen) atoms. The number of halogens is 2. The number of hydrogen-bond acceptors (Lipinski definition) is 1. The van der Waals surface area contributed by atoms with E-state index >= 15 is 0 Å². The zero-order valence-electron chi connectivity index (χ0n) is 19.5. The maximum Gasteiger partial charge on any atom is 0.209 e. The van der Waals surface area contributed by atoms with Gasteiger partial charge >= 0.3 is 0 Å². The Kier molecular flexibility index (Phi) is 8.53. The molecule has 0 fully saturated rings. The average molecular weight is 644 g/mol. The van der Waals surface area contributed by atoms with Crippen molar-refractivity contribution >= 4 is 22.8 Å². The lowest BCUT2D eigenvalue weighted by molar-refractivity contribution is -0.454. The number of rotatable bonds is 6. The standard InChI is InChI=1S/C26H34N2O.2HI/c1-19-25(3,4)21-11-7-9-13-23(21)27(19)15-17-29-18-16-28-20(2)26(5,6)22-12-8-10-14-24(22)28;;/h7-14H,15-18H2,1-6H3;2*1H/q+2;;/p-2. The van der Waals surface area contributed by atoms with Crippen LogP contribution >= 0.6 is 0 Å². The van der Waals surface area contributed by atoms with Gasteiger partial charge in [-0.1, -0.05) is 36.4 Å². The minimum atomic E-state index is 0. The minimum absolute atomic E-state index is 0. The van der Waals surface area contributed by atoms with Crippen LogP contribution in [0, 0.1) is 0 Å². The topological polar surface area (TPSA) is 15.2 Å². The van der Waals surface area contributed by atoms with Crippen molar-refractivity contribution in [1.29, 1.82) is 0 Å². The van der Waals surface area contributed by atoms with E-state index in [0.29, 0.717) is 0 Å². The van der Waals surface area contributed by atoms with Gasteiger partial charge in [0.1, 0.15) is 13.2 Å². The molecule has 2 aliphatic rings. The molecule has 2 aliphatic heterocycles. The Morgan fingerprint density at radius 1 is 0.645 bits per heavy atom. The summed E-state index contributed by atoms with van der Waals surface area (Å²) < 4.78 is 11.0. The number of hydrogen-bond donors (Lipinski definition) is 0. The van der Waals surface area contributed by atoms with Crippen LogP contribution in [0.1, 0.15) is 52.7 Å². The molecule has 0 saturated heterocycles. The Hall–Kier alpha value is -0.800. The highest BCUT2D eigenvalue weighted by Crippen LogP contribution is 2.40. The first-order valence-electron chi connectivity index (χ1n) is 10.8. The van der Waals surface area contributed by atoms with E-state index in [-0.39, 0.29) is 58.8 Å². The monoisotopic (exact) mass is 644 g/mol. The first-order chi connectivity index (χ1) is 13.8. The molecule has 0 saturated carbocycles. The molecule has 2 aromatic rings. The quantitative estimate of drug-likeness (QED) is 0.229. The molecule has 0 atom stereocenters. The normalized spacial score (nSPS) is 17.7. The summed E-state index contributed by atoms with van der Waals surface area (Å²) in [6, 6.07) is 17.5. The Morgan fingerprint density at radius 3 is 1.39 bits per heavy atom. The lowest BCUT2D eigenvalue weighted by Gasteiger charge is -2.14. The SMILES string of the molecule is CC1=[N+](CCOCC[N+]2=C(C)C(C)(C)c3ccccc32)c2ccccc2C1(C)C.[I-].[I-]. The van der Waals surface area contributed by atoms with Crippen LogP contribution in [-0.2, 0) is 15.6 Å². The Morgan fingerprint density at radius 2 is 1.00 bits per heavy atom. The molecule has 4 rings (SSSR count). The maximum atomic E-state index is 6.11. The molecule has 0 aliphatic carbocycles. The summed E-state index contributed by atoms with van der Waals surface area (Å²) in [6.45, 7) is 17.0. The molecule has 0 N–H and O–H groups in total. The highest BCUT2D eigenvalue weighted by molar-refractivity contribution is 5.93. The third-order valence-corrected chi connectivity index (χ3v) is 7.27. The van der Waals surface area contributed by atoms with Crippen molar-refractivity contribution in [2.75, 3.05) is 26.3 Å². The summed E-state index contributed by atoms with van der Waals surface area (Å²) in [7, 11) is 0. The molecule has 2 heterocycles. The van der Waals surface area contributed by atoms with E-state index in [1.54, 1.807) is 0 Å². The summed E-state index contributed by atoms with van der Waals surface area (Å²) in [5.74, 6) is 0. The van der Waals surface area contributed by atoms with Crippen molar-refractivity contribution in [3.8, 4) is 0 Å². The highest BCUT2D eigenvalue weighted by Gasteiger charge is 2.43. The van der Waals surface area contributed by atoms with E-state index in [4.69, 9.17) is 4.74 Å². The van der Waals surface area contributed by atoms with Crippen LogP contribution in [0.4, 0.5) is 11.4 Å². The van der Waals surface area contributed by atoms with Crippen molar-refractivity contribution < 1.29 is 61.8 Å². The summed E-state index contributed by atoms with van der Waals surface area (Å²) in [4.78, 5) is 0.